The van der Waals surface area contributed by atoms with Gasteiger partial charge in [-0.05, 0) is 51.0 Å². The number of hydrogen-bond acceptors (Lipinski definition) is 1. The highest BCUT2D eigenvalue weighted by Gasteiger charge is 2.31. The monoisotopic (exact) mass is 208 g/mol. The number of allylic oxidation sites excluding steroid dienone is 2. The van der Waals surface area contributed by atoms with E-state index in [-0.39, 0.29) is 11.5 Å². The Labute approximate surface area is 93.9 Å². The summed E-state index contributed by atoms with van der Waals surface area (Å²) in [6.45, 7) is 10.7. The molecular weight excluding hydrogens is 184 g/mol. The lowest BCUT2D eigenvalue weighted by Gasteiger charge is -2.36. The van der Waals surface area contributed by atoms with Gasteiger partial charge in [0, 0.05) is 0 Å². The van der Waals surface area contributed by atoms with E-state index in [0.717, 1.165) is 6.42 Å². The van der Waals surface area contributed by atoms with Crippen LogP contribution in [-0.2, 0) is 0 Å². The highest BCUT2D eigenvalue weighted by molar-refractivity contribution is 5.30. The highest BCUT2D eigenvalue weighted by atomic mass is 16.3. The molecule has 1 heteroatoms. The third-order valence-corrected chi connectivity index (χ3v) is 3.33. The molecule has 0 spiro atoms. The lowest BCUT2D eigenvalue weighted by atomic mass is 9.70. The Morgan fingerprint density at radius 3 is 2.47 bits per heavy atom. The standard InChI is InChI=1S/C14H24O/c1-10(2)9-12(15)13-11(3)7-6-8-14(13,4)5/h9,12,15H,6-8H2,1-5H3. The molecule has 1 rings (SSSR count). The van der Waals surface area contributed by atoms with Crippen molar-refractivity contribution in [2.75, 3.05) is 0 Å². The Morgan fingerprint density at radius 1 is 1.40 bits per heavy atom. The Kier molecular flexibility index (Phi) is 3.77. The van der Waals surface area contributed by atoms with Crippen LogP contribution in [0.15, 0.2) is 22.8 Å². The summed E-state index contributed by atoms with van der Waals surface area (Å²) in [6.07, 6.45) is 5.17. The summed E-state index contributed by atoms with van der Waals surface area (Å²) in [6, 6.07) is 0. The quantitative estimate of drug-likeness (QED) is 0.684. The highest BCUT2D eigenvalue weighted by Crippen LogP contribution is 2.42. The predicted molar refractivity (Wildman–Crippen MR) is 65.8 cm³/mol. The van der Waals surface area contributed by atoms with Crippen molar-refractivity contribution in [1.29, 1.82) is 0 Å². The SMILES string of the molecule is CC(C)=CC(O)C1=C(C)CCCC1(C)C. The molecule has 1 unspecified atom stereocenters. The molecule has 0 bridgehead atoms. The van der Waals surface area contributed by atoms with Gasteiger partial charge in [-0.1, -0.05) is 31.1 Å². The zero-order chi connectivity index (χ0) is 11.6. The van der Waals surface area contributed by atoms with E-state index in [2.05, 4.69) is 20.8 Å². The van der Waals surface area contributed by atoms with Gasteiger partial charge in [0.15, 0.2) is 0 Å². The van der Waals surface area contributed by atoms with Crippen LogP contribution in [0.2, 0.25) is 0 Å². The molecule has 1 atom stereocenters. The van der Waals surface area contributed by atoms with Crippen LogP contribution in [0, 0.1) is 5.41 Å². The summed E-state index contributed by atoms with van der Waals surface area (Å²) in [5.74, 6) is 0. The van der Waals surface area contributed by atoms with E-state index in [9.17, 15) is 5.11 Å². The maximum atomic E-state index is 10.2. The van der Waals surface area contributed by atoms with Crippen LogP contribution in [-0.4, -0.2) is 11.2 Å². The lowest BCUT2D eigenvalue weighted by Crippen LogP contribution is -2.28. The van der Waals surface area contributed by atoms with Gasteiger partial charge < -0.3 is 5.11 Å². The van der Waals surface area contributed by atoms with Crippen LogP contribution in [0.25, 0.3) is 0 Å². The van der Waals surface area contributed by atoms with Crippen molar-refractivity contribution in [3.05, 3.63) is 22.8 Å². The first-order chi connectivity index (χ1) is 6.84. The molecule has 0 fully saturated rings. The van der Waals surface area contributed by atoms with E-state index in [1.807, 2.05) is 19.9 Å². The first-order valence-corrected chi connectivity index (χ1v) is 5.88. The molecule has 0 radical (unpaired) electrons. The summed E-state index contributed by atoms with van der Waals surface area (Å²) >= 11 is 0. The topological polar surface area (TPSA) is 20.2 Å². The van der Waals surface area contributed by atoms with Crippen molar-refractivity contribution in [2.24, 2.45) is 5.41 Å². The van der Waals surface area contributed by atoms with Gasteiger partial charge >= 0.3 is 0 Å². The largest absolute Gasteiger partial charge is 0.385 e. The van der Waals surface area contributed by atoms with Crippen LogP contribution < -0.4 is 0 Å². The molecule has 0 aliphatic heterocycles. The minimum Gasteiger partial charge on any atom is -0.385 e. The third kappa shape index (κ3) is 2.94. The second kappa shape index (κ2) is 4.52. The first-order valence-electron chi connectivity index (χ1n) is 5.88. The molecule has 0 aromatic heterocycles. The molecule has 1 aliphatic rings. The van der Waals surface area contributed by atoms with Gasteiger partial charge in [-0.3, -0.25) is 0 Å². The average Bonchev–Trinajstić information content (AvgIpc) is 1.99. The summed E-state index contributed by atoms with van der Waals surface area (Å²) in [5.41, 5.74) is 3.98. The Bertz CT molecular complexity index is 290. The van der Waals surface area contributed by atoms with Crippen molar-refractivity contribution in [1.82, 2.24) is 0 Å². The van der Waals surface area contributed by atoms with Gasteiger partial charge in [-0.25, -0.2) is 0 Å². The fourth-order valence-electron chi connectivity index (χ4n) is 2.69. The van der Waals surface area contributed by atoms with E-state index >= 15 is 0 Å². The second-order valence-electron chi connectivity index (χ2n) is 5.62. The van der Waals surface area contributed by atoms with Gasteiger partial charge in [0.2, 0.25) is 0 Å². The molecule has 0 aromatic rings. The fraction of sp³-hybridized carbons (Fsp3) is 0.714. The molecule has 0 aromatic carbocycles. The molecule has 1 N–H and O–H groups in total. The van der Waals surface area contributed by atoms with E-state index in [1.54, 1.807) is 0 Å². The fourth-order valence-corrected chi connectivity index (χ4v) is 2.69. The minimum atomic E-state index is -0.384. The smallest absolute Gasteiger partial charge is 0.0941 e. The van der Waals surface area contributed by atoms with Gasteiger partial charge in [0.05, 0.1) is 6.10 Å². The molecule has 1 aliphatic carbocycles. The second-order valence-corrected chi connectivity index (χ2v) is 5.62. The number of hydrogen-bond donors (Lipinski definition) is 1. The van der Waals surface area contributed by atoms with E-state index in [4.69, 9.17) is 0 Å². The summed E-state index contributed by atoms with van der Waals surface area (Å²) < 4.78 is 0. The molecular formula is C14H24O. The van der Waals surface area contributed by atoms with Crippen LogP contribution in [0.4, 0.5) is 0 Å². The van der Waals surface area contributed by atoms with Crippen molar-refractivity contribution in [2.45, 2.75) is 60.0 Å². The van der Waals surface area contributed by atoms with E-state index in [0.29, 0.717) is 0 Å². The van der Waals surface area contributed by atoms with Crippen LogP contribution in [0.5, 0.6) is 0 Å². The lowest BCUT2D eigenvalue weighted by molar-refractivity contribution is 0.206. The van der Waals surface area contributed by atoms with Gasteiger partial charge in [-0.15, -0.1) is 0 Å². The third-order valence-electron chi connectivity index (χ3n) is 3.33. The van der Waals surface area contributed by atoms with Gasteiger partial charge in [0.1, 0.15) is 0 Å². The maximum Gasteiger partial charge on any atom is 0.0941 e. The Morgan fingerprint density at radius 2 is 2.00 bits per heavy atom. The van der Waals surface area contributed by atoms with E-state index < -0.39 is 0 Å². The molecule has 1 nitrogen and oxygen atoms in total. The molecule has 0 amide bonds. The van der Waals surface area contributed by atoms with Gasteiger partial charge in [-0.2, -0.15) is 0 Å². The van der Waals surface area contributed by atoms with Crippen LogP contribution >= 0.6 is 0 Å². The summed E-state index contributed by atoms with van der Waals surface area (Å²) in [5, 5.41) is 10.2. The number of aliphatic hydroxyl groups is 1. The van der Waals surface area contributed by atoms with Crippen molar-refractivity contribution >= 4 is 0 Å². The zero-order valence-corrected chi connectivity index (χ0v) is 10.7. The average molecular weight is 208 g/mol. The van der Waals surface area contributed by atoms with Crippen molar-refractivity contribution < 1.29 is 5.11 Å². The molecule has 0 heterocycles. The molecule has 86 valence electrons. The number of rotatable bonds is 2. The Hall–Kier alpha value is -0.560. The molecule has 15 heavy (non-hydrogen) atoms. The maximum absolute atomic E-state index is 10.2. The summed E-state index contributed by atoms with van der Waals surface area (Å²) in [7, 11) is 0. The van der Waals surface area contributed by atoms with Gasteiger partial charge in [0.25, 0.3) is 0 Å². The Balaban J connectivity index is 3.03. The van der Waals surface area contributed by atoms with E-state index in [1.165, 1.54) is 29.6 Å². The normalized spacial score (nSPS) is 22.5. The first kappa shape index (κ1) is 12.5. The van der Waals surface area contributed by atoms with Crippen LogP contribution in [0.3, 0.4) is 0 Å². The number of aliphatic hydroxyl groups excluding tert-OH is 1. The molecule has 0 saturated heterocycles. The van der Waals surface area contributed by atoms with Crippen molar-refractivity contribution in [3.63, 3.8) is 0 Å². The van der Waals surface area contributed by atoms with Crippen molar-refractivity contribution in [3.8, 4) is 0 Å². The zero-order valence-electron chi connectivity index (χ0n) is 10.7. The summed E-state index contributed by atoms with van der Waals surface area (Å²) in [4.78, 5) is 0. The van der Waals surface area contributed by atoms with Crippen LogP contribution in [0.1, 0.15) is 53.9 Å². The molecule has 0 saturated carbocycles. The predicted octanol–water partition coefficient (Wildman–Crippen LogP) is 3.84. The minimum absolute atomic E-state index is 0.160.